The van der Waals surface area contributed by atoms with Crippen LogP contribution in [-0.2, 0) is 16.1 Å². The SMILES string of the molecule is COCCNC(=O)C(C)NCc1ccncc1Cl. The van der Waals surface area contributed by atoms with Crippen LogP contribution < -0.4 is 10.6 Å². The lowest BCUT2D eigenvalue weighted by molar-refractivity contribution is -0.122. The highest BCUT2D eigenvalue weighted by molar-refractivity contribution is 6.31. The Labute approximate surface area is 112 Å². The Morgan fingerprint density at radius 3 is 3.06 bits per heavy atom. The zero-order valence-corrected chi connectivity index (χ0v) is 11.3. The van der Waals surface area contributed by atoms with Crippen molar-refractivity contribution in [1.82, 2.24) is 15.6 Å². The van der Waals surface area contributed by atoms with Gasteiger partial charge in [-0.3, -0.25) is 9.78 Å². The van der Waals surface area contributed by atoms with Gasteiger partial charge in [-0.05, 0) is 18.6 Å². The number of pyridine rings is 1. The summed E-state index contributed by atoms with van der Waals surface area (Å²) in [7, 11) is 1.60. The molecular weight excluding hydrogens is 254 g/mol. The van der Waals surface area contributed by atoms with E-state index in [1.807, 2.05) is 6.07 Å². The third kappa shape index (κ3) is 5.00. The second-order valence-electron chi connectivity index (χ2n) is 3.85. The Morgan fingerprint density at radius 2 is 2.39 bits per heavy atom. The summed E-state index contributed by atoms with van der Waals surface area (Å²) in [5, 5.41) is 6.46. The molecule has 18 heavy (non-hydrogen) atoms. The maximum Gasteiger partial charge on any atom is 0.236 e. The van der Waals surface area contributed by atoms with Crippen LogP contribution in [-0.4, -0.2) is 37.2 Å². The van der Waals surface area contributed by atoms with Crippen LogP contribution in [0.3, 0.4) is 0 Å². The van der Waals surface area contributed by atoms with Gasteiger partial charge in [0, 0.05) is 32.6 Å². The molecule has 0 aliphatic rings. The number of halogens is 1. The van der Waals surface area contributed by atoms with Gasteiger partial charge in [0.25, 0.3) is 0 Å². The molecule has 2 N–H and O–H groups in total. The van der Waals surface area contributed by atoms with Gasteiger partial charge in [0.05, 0.1) is 17.7 Å². The van der Waals surface area contributed by atoms with Crippen molar-refractivity contribution in [2.75, 3.05) is 20.3 Å². The monoisotopic (exact) mass is 271 g/mol. The highest BCUT2D eigenvalue weighted by Crippen LogP contribution is 2.12. The largest absolute Gasteiger partial charge is 0.383 e. The molecule has 1 rings (SSSR count). The standard InChI is InChI=1S/C12H18ClN3O2/c1-9(12(17)15-5-6-18-2)16-7-10-3-4-14-8-11(10)13/h3-4,8-9,16H,5-7H2,1-2H3,(H,15,17). The van der Waals surface area contributed by atoms with E-state index in [2.05, 4.69) is 15.6 Å². The van der Waals surface area contributed by atoms with Crippen molar-refractivity contribution in [3.8, 4) is 0 Å². The highest BCUT2D eigenvalue weighted by atomic mass is 35.5. The molecule has 0 saturated carbocycles. The van der Waals surface area contributed by atoms with Gasteiger partial charge in [0.1, 0.15) is 0 Å². The van der Waals surface area contributed by atoms with Gasteiger partial charge < -0.3 is 15.4 Å². The topological polar surface area (TPSA) is 63.2 Å². The predicted octanol–water partition coefficient (Wildman–Crippen LogP) is 0.976. The fraction of sp³-hybridized carbons (Fsp3) is 0.500. The average molecular weight is 272 g/mol. The van der Waals surface area contributed by atoms with Crippen LogP contribution >= 0.6 is 11.6 Å². The minimum atomic E-state index is -0.286. The van der Waals surface area contributed by atoms with E-state index in [1.54, 1.807) is 26.4 Å². The summed E-state index contributed by atoms with van der Waals surface area (Å²) in [6.07, 6.45) is 3.26. The van der Waals surface area contributed by atoms with Gasteiger partial charge in [-0.15, -0.1) is 0 Å². The molecule has 0 spiro atoms. The fourth-order valence-corrected chi connectivity index (χ4v) is 1.52. The quantitative estimate of drug-likeness (QED) is 0.726. The first-order chi connectivity index (χ1) is 8.65. The molecule has 0 fully saturated rings. The zero-order chi connectivity index (χ0) is 13.4. The van der Waals surface area contributed by atoms with E-state index in [9.17, 15) is 4.79 Å². The minimum Gasteiger partial charge on any atom is -0.383 e. The van der Waals surface area contributed by atoms with E-state index in [0.717, 1.165) is 5.56 Å². The van der Waals surface area contributed by atoms with Crippen molar-refractivity contribution < 1.29 is 9.53 Å². The van der Waals surface area contributed by atoms with Crippen LogP contribution in [0.15, 0.2) is 18.5 Å². The van der Waals surface area contributed by atoms with Gasteiger partial charge in [0.2, 0.25) is 5.91 Å². The van der Waals surface area contributed by atoms with Crippen LogP contribution in [0.2, 0.25) is 5.02 Å². The Kier molecular flexibility index (Phi) is 6.64. The number of hydrogen-bond acceptors (Lipinski definition) is 4. The molecule has 0 aliphatic carbocycles. The van der Waals surface area contributed by atoms with Gasteiger partial charge in [-0.25, -0.2) is 0 Å². The summed E-state index contributed by atoms with van der Waals surface area (Å²) in [5.74, 6) is -0.0581. The molecule has 0 bridgehead atoms. The maximum absolute atomic E-state index is 11.6. The normalized spacial score (nSPS) is 12.2. The van der Waals surface area contributed by atoms with E-state index in [4.69, 9.17) is 16.3 Å². The molecule has 1 aromatic heterocycles. The zero-order valence-electron chi connectivity index (χ0n) is 10.6. The average Bonchev–Trinajstić information content (AvgIpc) is 2.37. The van der Waals surface area contributed by atoms with E-state index < -0.39 is 0 Å². The summed E-state index contributed by atoms with van der Waals surface area (Å²) >= 11 is 5.97. The number of hydrogen-bond donors (Lipinski definition) is 2. The Balaban J connectivity index is 2.34. The molecule has 5 nitrogen and oxygen atoms in total. The summed E-state index contributed by atoms with van der Waals surface area (Å²) in [5.41, 5.74) is 0.920. The summed E-state index contributed by atoms with van der Waals surface area (Å²) in [4.78, 5) is 15.6. The van der Waals surface area contributed by atoms with Crippen LogP contribution in [0.5, 0.6) is 0 Å². The third-order valence-electron chi connectivity index (χ3n) is 2.45. The molecule has 1 amide bonds. The second kappa shape index (κ2) is 8.02. The lowest BCUT2D eigenvalue weighted by Gasteiger charge is -2.14. The Bertz CT molecular complexity index is 387. The first kappa shape index (κ1) is 14.9. The first-order valence-corrected chi connectivity index (χ1v) is 6.11. The summed E-state index contributed by atoms with van der Waals surface area (Å²) < 4.78 is 4.86. The summed E-state index contributed by atoms with van der Waals surface area (Å²) in [6.45, 7) is 3.35. The van der Waals surface area contributed by atoms with Crippen molar-refractivity contribution in [1.29, 1.82) is 0 Å². The van der Waals surface area contributed by atoms with Crippen LogP contribution in [0, 0.1) is 0 Å². The molecule has 1 atom stereocenters. The number of rotatable bonds is 7. The Morgan fingerprint density at radius 1 is 1.61 bits per heavy atom. The van der Waals surface area contributed by atoms with Crippen LogP contribution in [0.4, 0.5) is 0 Å². The van der Waals surface area contributed by atoms with E-state index in [0.29, 0.717) is 24.7 Å². The van der Waals surface area contributed by atoms with Crippen LogP contribution in [0.1, 0.15) is 12.5 Å². The van der Waals surface area contributed by atoms with Crippen molar-refractivity contribution in [3.05, 3.63) is 29.0 Å². The number of ether oxygens (including phenoxy) is 1. The van der Waals surface area contributed by atoms with E-state index >= 15 is 0 Å². The van der Waals surface area contributed by atoms with E-state index in [1.165, 1.54) is 0 Å². The highest BCUT2D eigenvalue weighted by Gasteiger charge is 2.11. The number of methoxy groups -OCH3 is 1. The van der Waals surface area contributed by atoms with Crippen molar-refractivity contribution in [3.63, 3.8) is 0 Å². The minimum absolute atomic E-state index is 0.0581. The molecule has 0 aromatic carbocycles. The van der Waals surface area contributed by atoms with Crippen molar-refractivity contribution >= 4 is 17.5 Å². The van der Waals surface area contributed by atoms with Crippen molar-refractivity contribution in [2.45, 2.75) is 19.5 Å². The number of carbonyl (C=O) groups is 1. The number of carbonyl (C=O) groups excluding carboxylic acids is 1. The van der Waals surface area contributed by atoms with Gasteiger partial charge in [0.15, 0.2) is 0 Å². The maximum atomic E-state index is 11.6. The molecule has 0 radical (unpaired) electrons. The molecule has 1 aromatic rings. The Hall–Kier alpha value is -1.17. The molecule has 0 saturated heterocycles. The molecule has 0 aliphatic heterocycles. The molecule has 100 valence electrons. The van der Waals surface area contributed by atoms with E-state index in [-0.39, 0.29) is 11.9 Å². The number of nitrogens with one attached hydrogen (secondary N) is 2. The second-order valence-corrected chi connectivity index (χ2v) is 4.26. The predicted molar refractivity (Wildman–Crippen MR) is 70.4 cm³/mol. The number of aromatic nitrogens is 1. The smallest absolute Gasteiger partial charge is 0.236 e. The summed E-state index contributed by atoms with van der Waals surface area (Å²) in [6, 6.07) is 1.54. The fourth-order valence-electron chi connectivity index (χ4n) is 1.33. The van der Waals surface area contributed by atoms with Gasteiger partial charge in [-0.1, -0.05) is 11.6 Å². The number of amides is 1. The van der Waals surface area contributed by atoms with Crippen LogP contribution in [0.25, 0.3) is 0 Å². The molecule has 1 unspecified atom stereocenters. The lowest BCUT2D eigenvalue weighted by atomic mass is 10.2. The number of nitrogens with zero attached hydrogens (tertiary/aromatic N) is 1. The van der Waals surface area contributed by atoms with Gasteiger partial charge in [-0.2, -0.15) is 0 Å². The van der Waals surface area contributed by atoms with Crippen molar-refractivity contribution in [2.24, 2.45) is 0 Å². The first-order valence-electron chi connectivity index (χ1n) is 5.73. The molecule has 6 heteroatoms. The molecule has 1 heterocycles. The van der Waals surface area contributed by atoms with Gasteiger partial charge >= 0.3 is 0 Å². The lowest BCUT2D eigenvalue weighted by Crippen LogP contribution is -2.42. The molecular formula is C12H18ClN3O2. The third-order valence-corrected chi connectivity index (χ3v) is 2.79.